The number of aromatic carboxylic acids is 1. The van der Waals surface area contributed by atoms with Gasteiger partial charge >= 0.3 is 5.97 Å². The van der Waals surface area contributed by atoms with Crippen molar-refractivity contribution in [3.63, 3.8) is 0 Å². The second-order valence-electron chi connectivity index (χ2n) is 2.47. The van der Waals surface area contributed by atoms with Crippen LogP contribution in [0.3, 0.4) is 0 Å². The average Bonchev–Trinajstić information content (AvgIpc) is 2.16. The van der Waals surface area contributed by atoms with Gasteiger partial charge in [-0.15, -0.1) is 0 Å². The molecule has 1 aromatic rings. The second-order valence-corrected chi connectivity index (χ2v) is 3.38. The number of halogens is 1. The highest BCUT2D eigenvalue weighted by molar-refractivity contribution is 9.10. The van der Waals surface area contributed by atoms with E-state index in [0.29, 0.717) is 4.47 Å². The summed E-state index contributed by atoms with van der Waals surface area (Å²) in [6, 6.07) is 4.21. The number of benzene rings is 1. The van der Waals surface area contributed by atoms with Gasteiger partial charge < -0.3 is 14.6 Å². The van der Waals surface area contributed by atoms with Crippen molar-refractivity contribution in [2.24, 2.45) is 0 Å². The second kappa shape index (κ2) is 4.23. The summed E-state index contributed by atoms with van der Waals surface area (Å²) >= 11 is 3.09. The molecule has 0 unspecified atom stereocenters. The molecule has 0 radical (unpaired) electrons. The van der Waals surface area contributed by atoms with E-state index in [1.165, 1.54) is 19.2 Å². The molecule has 4 nitrogen and oxygen atoms in total. The number of carboxylic acids is 1. The molecule has 0 atom stereocenters. The van der Waals surface area contributed by atoms with E-state index < -0.39 is 11.9 Å². The third-order valence-electron chi connectivity index (χ3n) is 1.61. The Balaban J connectivity index is 3.28. The Hall–Kier alpha value is -1.36. The van der Waals surface area contributed by atoms with Crippen LogP contribution in [0, 0.1) is 0 Å². The first-order valence-corrected chi connectivity index (χ1v) is 4.44. The Bertz CT molecular complexity index is 386. The van der Waals surface area contributed by atoms with Crippen LogP contribution in [0.2, 0.25) is 0 Å². The van der Waals surface area contributed by atoms with Crippen molar-refractivity contribution >= 4 is 27.9 Å². The van der Waals surface area contributed by atoms with E-state index in [-0.39, 0.29) is 11.1 Å². The van der Waals surface area contributed by atoms with E-state index in [9.17, 15) is 14.7 Å². The lowest BCUT2D eigenvalue weighted by Gasteiger charge is -2.08. The molecule has 1 aromatic carbocycles. The zero-order valence-corrected chi connectivity index (χ0v) is 8.83. The standard InChI is InChI=1S/C9H7BrO4/c1-14-9(13)6-3-2-5(10)4-7(6)8(11)12/h2-4H,1H3,(H,11,12)/p-1. The monoisotopic (exact) mass is 257 g/mol. The van der Waals surface area contributed by atoms with Gasteiger partial charge in [0.25, 0.3) is 0 Å². The number of carbonyl (C=O) groups is 2. The van der Waals surface area contributed by atoms with Gasteiger partial charge in [-0.2, -0.15) is 0 Å². The number of rotatable bonds is 2. The molecule has 0 heterocycles. The van der Waals surface area contributed by atoms with Crippen LogP contribution < -0.4 is 5.11 Å². The zero-order valence-electron chi connectivity index (χ0n) is 7.24. The molecule has 0 spiro atoms. The molecule has 1 rings (SSSR count). The smallest absolute Gasteiger partial charge is 0.338 e. The lowest BCUT2D eigenvalue weighted by molar-refractivity contribution is -0.255. The normalized spacial score (nSPS) is 9.57. The number of hydrogen-bond donors (Lipinski definition) is 0. The third kappa shape index (κ3) is 2.11. The van der Waals surface area contributed by atoms with Crippen LogP contribution in [0.15, 0.2) is 22.7 Å². The average molecular weight is 258 g/mol. The van der Waals surface area contributed by atoms with Gasteiger partial charge in [0.15, 0.2) is 0 Å². The molecule has 0 aromatic heterocycles. The molecule has 5 heteroatoms. The van der Waals surface area contributed by atoms with Crippen molar-refractivity contribution in [2.45, 2.75) is 0 Å². The van der Waals surface area contributed by atoms with Crippen LogP contribution in [0.4, 0.5) is 0 Å². The van der Waals surface area contributed by atoms with Crippen molar-refractivity contribution in [1.82, 2.24) is 0 Å². The molecular formula is C9H6BrO4-. The molecule has 0 bridgehead atoms. The fourth-order valence-electron chi connectivity index (χ4n) is 0.973. The Morgan fingerprint density at radius 3 is 2.50 bits per heavy atom. The van der Waals surface area contributed by atoms with E-state index >= 15 is 0 Å². The van der Waals surface area contributed by atoms with Gasteiger partial charge in [-0.3, -0.25) is 0 Å². The maximum absolute atomic E-state index is 11.1. The minimum absolute atomic E-state index is 0.0179. The number of ether oxygens (including phenoxy) is 1. The van der Waals surface area contributed by atoms with E-state index in [4.69, 9.17) is 0 Å². The largest absolute Gasteiger partial charge is 0.545 e. The highest BCUT2D eigenvalue weighted by Crippen LogP contribution is 2.16. The fraction of sp³-hybridized carbons (Fsp3) is 0.111. The predicted molar refractivity (Wildman–Crippen MR) is 49.8 cm³/mol. The highest BCUT2D eigenvalue weighted by atomic mass is 79.9. The van der Waals surface area contributed by atoms with Crippen LogP contribution in [0.5, 0.6) is 0 Å². The number of esters is 1. The Kier molecular flexibility index (Phi) is 3.24. The predicted octanol–water partition coefficient (Wildman–Crippen LogP) is 0.599. The topological polar surface area (TPSA) is 66.4 Å². The van der Waals surface area contributed by atoms with Gasteiger partial charge in [0, 0.05) is 10.0 Å². The van der Waals surface area contributed by atoms with Crippen LogP contribution >= 0.6 is 15.9 Å². The molecule has 0 saturated carbocycles. The van der Waals surface area contributed by atoms with E-state index in [2.05, 4.69) is 20.7 Å². The third-order valence-corrected chi connectivity index (χ3v) is 2.10. The van der Waals surface area contributed by atoms with Crippen LogP contribution in [0.1, 0.15) is 20.7 Å². The fourth-order valence-corrected chi connectivity index (χ4v) is 1.33. The maximum Gasteiger partial charge on any atom is 0.338 e. The summed E-state index contributed by atoms with van der Waals surface area (Å²) in [5.74, 6) is -2.11. The summed E-state index contributed by atoms with van der Waals surface area (Å²) in [4.78, 5) is 21.8. The first kappa shape index (κ1) is 10.7. The number of carboxylic acid groups (broad SMARTS) is 1. The molecule has 74 valence electrons. The van der Waals surface area contributed by atoms with Gasteiger partial charge in [0.1, 0.15) is 0 Å². The molecule has 0 saturated heterocycles. The summed E-state index contributed by atoms with van der Waals surface area (Å²) < 4.78 is 4.98. The molecule has 0 aliphatic rings. The zero-order chi connectivity index (χ0) is 10.7. The Morgan fingerprint density at radius 2 is 2.00 bits per heavy atom. The van der Waals surface area contributed by atoms with E-state index in [0.717, 1.165) is 0 Å². The maximum atomic E-state index is 11.1. The Morgan fingerprint density at radius 1 is 1.36 bits per heavy atom. The van der Waals surface area contributed by atoms with Crippen molar-refractivity contribution in [1.29, 1.82) is 0 Å². The molecule has 0 aliphatic heterocycles. The van der Waals surface area contributed by atoms with Crippen molar-refractivity contribution < 1.29 is 19.4 Å². The van der Waals surface area contributed by atoms with Crippen molar-refractivity contribution in [3.05, 3.63) is 33.8 Å². The first-order chi connectivity index (χ1) is 6.56. The molecule has 0 N–H and O–H groups in total. The van der Waals surface area contributed by atoms with Gasteiger partial charge in [-0.25, -0.2) is 4.79 Å². The van der Waals surface area contributed by atoms with Crippen LogP contribution in [-0.4, -0.2) is 19.0 Å². The molecule has 0 aliphatic carbocycles. The van der Waals surface area contributed by atoms with Gasteiger partial charge in [0.2, 0.25) is 0 Å². The van der Waals surface area contributed by atoms with E-state index in [1.54, 1.807) is 6.07 Å². The van der Waals surface area contributed by atoms with E-state index in [1.807, 2.05) is 0 Å². The summed E-state index contributed by atoms with van der Waals surface area (Å²) in [6.45, 7) is 0. The Labute approximate surface area is 88.6 Å². The number of carbonyl (C=O) groups excluding carboxylic acids is 2. The van der Waals surface area contributed by atoms with Gasteiger partial charge in [-0.05, 0) is 18.2 Å². The lowest BCUT2D eigenvalue weighted by atomic mass is 10.1. The summed E-state index contributed by atoms with van der Waals surface area (Å²) in [7, 11) is 1.18. The van der Waals surface area contributed by atoms with Crippen molar-refractivity contribution in [2.75, 3.05) is 7.11 Å². The van der Waals surface area contributed by atoms with Gasteiger partial charge in [0.05, 0.1) is 18.6 Å². The SMILES string of the molecule is COC(=O)c1ccc(Br)cc1C(=O)[O-]. The quantitative estimate of drug-likeness (QED) is 0.728. The summed E-state index contributed by atoms with van der Waals surface area (Å²) in [5, 5.41) is 10.7. The summed E-state index contributed by atoms with van der Waals surface area (Å²) in [5.41, 5.74) is -0.207. The van der Waals surface area contributed by atoms with Crippen molar-refractivity contribution in [3.8, 4) is 0 Å². The highest BCUT2D eigenvalue weighted by Gasteiger charge is 2.12. The first-order valence-electron chi connectivity index (χ1n) is 3.65. The minimum atomic E-state index is -1.41. The molecule has 14 heavy (non-hydrogen) atoms. The molecular weight excluding hydrogens is 252 g/mol. The minimum Gasteiger partial charge on any atom is -0.545 e. The number of hydrogen-bond acceptors (Lipinski definition) is 4. The summed E-state index contributed by atoms with van der Waals surface area (Å²) in [6.07, 6.45) is 0. The van der Waals surface area contributed by atoms with Crippen LogP contribution in [-0.2, 0) is 4.74 Å². The molecule has 0 fully saturated rings. The van der Waals surface area contributed by atoms with Crippen LogP contribution in [0.25, 0.3) is 0 Å². The lowest BCUT2D eigenvalue weighted by Crippen LogP contribution is -2.25. The number of methoxy groups -OCH3 is 1. The molecule has 0 amide bonds. The van der Waals surface area contributed by atoms with Gasteiger partial charge in [-0.1, -0.05) is 15.9 Å².